The van der Waals surface area contributed by atoms with Gasteiger partial charge in [-0.05, 0) is 13.0 Å². The van der Waals surface area contributed by atoms with E-state index in [1.54, 1.807) is 0 Å². The second kappa shape index (κ2) is 29.9. The Morgan fingerprint density at radius 1 is 0.639 bits per heavy atom. The van der Waals surface area contributed by atoms with Crippen molar-refractivity contribution in [1.29, 1.82) is 0 Å². The smallest absolute Gasteiger partial charge is 0.320 e. The second-order valence-electron chi connectivity index (χ2n) is 9.01. The van der Waals surface area contributed by atoms with Crippen LogP contribution < -0.4 is 11.1 Å². The van der Waals surface area contributed by atoms with Gasteiger partial charge in [-0.3, -0.25) is 9.59 Å². The molecule has 36 heavy (non-hydrogen) atoms. The fraction of sp³-hybridized carbons (Fsp3) is 0.923. The molecule has 0 aromatic carbocycles. The van der Waals surface area contributed by atoms with Crippen LogP contribution in [0.5, 0.6) is 0 Å². The Morgan fingerprint density at radius 3 is 1.36 bits per heavy atom. The highest BCUT2D eigenvalue weighted by Crippen LogP contribution is 2.13. The first-order chi connectivity index (χ1) is 17.3. The number of esters is 2. The topological polar surface area (TPSA) is 172 Å². The van der Waals surface area contributed by atoms with Gasteiger partial charge in [0, 0.05) is 0 Å². The number of carbonyl (C=O) groups excluding carboxylic acids is 2. The van der Waals surface area contributed by atoms with Crippen molar-refractivity contribution in [2.75, 3.05) is 32.8 Å². The van der Waals surface area contributed by atoms with Crippen molar-refractivity contribution in [2.24, 2.45) is 5.73 Å². The van der Waals surface area contributed by atoms with E-state index in [0.717, 1.165) is 13.0 Å². The summed E-state index contributed by atoms with van der Waals surface area (Å²) < 4.78 is 8.82. The summed E-state index contributed by atoms with van der Waals surface area (Å²) in [6.07, 6.45) is 18.5. The summed E-state index contributed by atoms with van der Waals surface area (Å²) in [6, 6.07) is 0. The SMILES string of the molecule is CCCCCCCCCCCCCCCCCCNCC(=O)OCC(O)O.NCC(=O)OCC(O)O. The molecule has 0 aliphatic heterocycles. The van der Waals surface area contributed by atoms with E-state index in [2.05, 4.69) is 21.7 Å². The van der Waals surface area contributed by atoms with Crippen LogP contribution in [0.1, 0.15) is 110 Å². The third-order valence-corrected chi connectivity index (χ3v) is 5.43. The molecule has 10 heteroatoms. The molecule has 0 saturated heterocycles. The average Bonchev–Trinajstić information content (AvgIpc) is 2.85. The van der Waals surface area contributed by atoms with Crippen LogP contribution >= 0.6 is 0 Å². The van der Waals surface area contributed by atoms with Gasteiger partial charge in [-0.25, -0.2) is 0 Å². The van der Waals surface area contributed by atoms with Crippen LogP contribution in [0.15, 0.2) is 0 Å². The van der Waals surface area contributed by atoms with Crippen molar-refractivity contribution < 1.29 is 39.5 Å². The molecule has 0 radical (unpaired) electrons. The maximum atomic E-state index is 11.2. The Balaban J connectivity index is 0. The van der Waals surface area contributed by atoms with E-state index in [1.807, 2.05) is 0 Å². The minimum absolute atomic E-state index is 0.130. The Bertz CT molecular complexity index is 479. The summed E-state index contributed by atoms with van der Waals surface area (Å²) in [6.45, 7) is 2.18. The predicted octanol–water partition coefficient (Wildman–Crippen LogP) is 2.49. The highest BCUT2D eigenvalue weighted by Gasteiger charge is 2.05. The normalized spacial score (nSPS) is 10.9. The van der Waals surface area contributed by atoms with Crippen LogP contribution in [-0.4, -0.2) is 77.8 Å². The Kier molecular flexibility index (Phi) is 30.6. The molecule has 0 saturated carbocycles. The quantitative estimate of drug-likeness (QED) is 0.0628. The predicted molar refractivity (Wildman–Crippen MR) is 140 cm³/mol. The second-order valence-corrected chi connectivity index (χ2v) is 9.01. The molecule has 0 rings (SSSR count). The first kappa shape index (κ1) is 36.9. The van der Waals surface area contributed by atoms with E-state index in [0.29, 0.717) is 0 Å². The summed E-state index contributed by atoms with van der Waals surface area (Å²) in [5.41, 5.74) is 4.82. The van der Waals surface area contributed by atoms with Gasteiger partial charge in [0.25, 0.3) is 0 Å². The molecule has 0 aromatic rings. The van der Waals surface area contributed by atoms with Gasteiger partial charge in [0.15, 0.2) is 12.6 Å². The van der Waals surface area contributed by atoms with Gasteiger partial charge in [-0.2, -0.15) is 0 Å². The molecule has 0 fully saturated rings. The van der Waals surface area contributed by atoms with Crippen molar-refractivity contribution in [2.45, 2.75) is 122 Å². The zero-order valence-electron chi connectivity index (χ0n) is 22.5. The molecule has 0 atom stereocenters. The zero-order chi connectivity index (χ0) is 27.3. The fourth-order valence-electron chi connectivity index (χ4n) is 3.43. The van der Waals surface area contributed by atoms with Crippen molar-refractivity contribution in [3.8, 4) is 0 Å². The summed E-state index contributed by atoms with van der Waals surface area (Å²) in [7, 11) is 0. The van der Waals surface area contributed by atoms with Gasteiger partial charge >= 0.3 is 11.9 Å². The maximum absolute atomic E-state index is 11.2. The third kappa shape index (κ3) is 34.9. The summed E-state index contributed by atoms with van der Waals surface area (Å²) >= 11 is 0. The third-order valence-electron chi connectivity index (χ3n) is 5.43. The lowest BCUT2D eigenvalue weighted by Crippen LogP contribution is -2.28. The standard InChI is InChI=1S/C22H45NO4.C4H9NO4/c1-2-3-4-5-6-7-8-9-10-11-12-13-14-15-16-17-18-23-19-22(26)27-20-21(24)25;5-1-4(8)9-2-3(6)7/h21,23-25H,2-20H2,1H3;3,6-7H,1-2,5H2. The highest BCUT2D eigenvalue weighted by molar-refractivity contribution is 5.71. The Hall–Kier alpha value is -1.30. The Morgan fingerprint density at radius 2 is 1.00 bits per heavy atom. The lowest BCUT2D eigenvalue weighted by Gasteiger charge is -2.07. The van der Waals surface area contributed by atoms with E-state index >= 15 is 0 Å². The molecular formula is C26H54N2O8. The largest absolute Gasteiger partial charge is 0.459 e. The number of ether oxygens (including phenoxy) is 2. The van der Waals surface area contributed by atoms with E-state index in [4.69, 9.17) is 26.2 Å². The van der Waals surface area contributed by atoms with E-state index in [1.165, 1.54) is 96.3 Å². The molecule has 7 N–H and O–H groups in total. The van der Waals surface area contributed by atoms with Crippen LogP contribution in [-0.2, 0) is 19.1 Å². The molecule has 0 heterocycles. The van der Waals surface area contributed by atoms with Crippen molar-refractivity contribution >= 4 is 11.9 Å². The number of carbonyl (C=O) groups is 2. The number of rotatable bonds is 24. The number of nitrogens with one attached hydrogen (secondary N) is 1. The number of unbranched alkanes of at least 4 members (excludes halogenated alkanes) is 15. The van der Waals surface area contributed by atoms with Gasteiger partial charge in [0.2, 0.25) is 0 Å². The van der Waals surface area contributed by atoms with Gasteiger partial charge in [-0.15, -0.1) is 0 Å². The van der Waals surface area contributed by atoms with Crippen molar-refractivity contribution in [1.82, 2.24) is 5.32 Å². The summed E-state index contributed by atoms with van der Waals surface area (Å²) in [5.74, 6) is -1.09. The molecule has 0 aliphatic rings. The first-order valence-corrected chi connectivity index (χ1v) is 13.8. The molecule has 216 valence electrons. The molecule has 10 nitrogen and oxygen atoms in total. The number of hydrogen-bond donors (Lipinski definition) is 6. The van der Waals surface area contributed by atoms with Gasteiger partial charge in [0.1, 0.15) is 13.2 Å². The van der Waals surface area contributed by atoms with Crippen LogP contribution in [0.25, 0.3) is 0 Å². The van der Waals surface area contributed by atoms with Crippen LogP contribution in [0, 0.1) is 0 Å². The molecular weight excluding hydrogens is 468 g/mol. The molecule has 0 aromatic heterocycles. The zero-order valence-corrected chi connectivity index (χ0v) is 22.5. The van der Waals surface area contributed by atoms with Gasteiger partial charge in [0.05, 0.1) is 13.1 Å². The lowest BCUT2D eigenvalue weighted by atomic mass is 10.0. The van der Waals surface area contributed by atoms with E-state index in [-0.39, 0.29) is 19.7 Å². The minimum Gasteiger partial charge on any atom is -0.459 e. The van der Waals surface area contributed by atoms with Crippen molar-refractivity contribution in [3.63, 3.8) is 0 Å². The Labute approximate surface area is 217 Å². The first-order valence-electron chi connectivity index (χ1n) is 13.8. The highest BCUT2D eigenvalue weighted by atomic mass is 16.6. The van der Waals surface area contributed by atoms with Crippen LogP contribution in [0.2, 0.25) is 0 Å². The minimum atomic E-state index is -1.61. The van der Waals surface area contributed by atoms with Gasteiger partial charge in [-0.1, -0.05) is 103 Å². The van der Waals surface area contributed by atoms with Crippen LogP contribution in [0.3, 0.4) is 0 Å². The van der Waals surface area contributed by atoms with E-state index < -0.39 is 31.1 Å². The monoisotopic (exact) mass is 522 g/mol. The lowest BCUT2D eigenvalue weighted by molar-refractivity contribution is -0.155. The fourth-order valence-corrected chi connectivity index (χ4v) is 3.43. The number of aliphatic hydroxyl groups is 4. The number of aliphatic hydroxyl groups excluding tert-OH is 2. The molecule has 0 aliphatic carbocycles. The maximum Gasteiger partial charge on any atom is 0.320 e. The van der Waals surface area contributed by atoms with E-state index in [9.17, 15) is 9.59 Å². The molecule has 0 amide bonds. The van der Waals surface area contributed by atoms with Crippen molar-refractivity contribution in [3.05, 3.63) is 0 Å². The summed E-state index contributed by atoms with van der Waals surface area (Å²) in [5, 5.41) is 36.5. The van der Waals surface area contributed by atoms with Gasteiger partial charge < -0.3 is 41.0 Å². The number of hydrogen-bond acceptors (Lipinski definition) is 10. The number of nitrogens with two attached hydrogens (primary N) is 1. The van der Waals surface area contributed by atoms with Crippen LogP contribution in [0.4, 0.5) is 0 Å². The summed E-state index contributed by atoms with van der Waals surface area (Å²) in [4.78, 5) is 21.4. The molecule has 0 spiro atoms. The molecule has 0 unspecified atom stereocenters. The molecule has 0 bridgehead atoms. The average molecular weight is 523 g/mol.